The van der Waals surface area contributed by atoms with Gasteiger partial charge in [0.05, 0.1) is 0 Å². The van der Waals surface area contributed by atoms with Crippen molar-refractivity contribution in [3.05, 3.63) is 41.2 Å². The second-order valence-corrected chi connectivity index (χ2v) is 6.34. The third kappa shape index (κ3) is 4.28. The Labute approximate surface area is 140 Å². The number of halogens is 1. The van der Waals surface area contributed by atoms with Gasteiger partial charge in [-0.3, -0.25) is 4.79 Å². The molecule has 0 radical (unpaired) electrons. The highest BCUT2D eigenvalue weighted by Gasteiger charge is 2.24. The second-order valence-electron chi connectivity index (χ2n) is 5.91. The molecule has 3 rings (SSSR count). The molecule has 1 unspecified atom stereocenters. The van der Waals surface area contributed by atoms with Gasteiger partial charge in [0.2, 0.25) is 5.91 Å². The molecule has 1 fully saturated rings. The molecular formula is C16H20ClN5O. The number of benzene rings is 1. The maximum absolute atomic E-state index is 12.4. The summed E-state index contributed by atoms with van der Waals surface area (Å²) < 4.78 is 1.65. The van der Waals surface area contributed by atoms with Gasteiger partial charge in [0, 0.05) is 37.0 Å². The predicted octanol–water partition coefficient (Wildman–Crippen LogP) is 2.51. The van der Waals surface area contributed by atoms with Crippen LogP contribution in [0, 0.1) is 0 Å². The Balaban J connectivity index is 1.51. The smallest absolute Gasteiger partial charge is 0.222 e. The number of aryl methyl sites for hydroxylation is 1. The zero-order chi connectivity index (χ0) is 16.1. The lowest BCUT2D eigenvalue weighted by Crippen LogP contribution is -2.39. The molecule has 1 aromatic heterocycles. The number of carbonyl (C=O) groups is 1. The van der Waals surface area contributed by atoms with E-state index in [2.05, 4.69) is 27.7 Å². The lowest BCUT2D eigenvalue weighted by Gasteiger charge is -2.33. The molecule has 6 nitrogen and oxygen atoms in total. The number of hydrogen-bond acceptors (Lipinski definition) is 4. The topological polar surface area (TPSA) is 63.9 Å². The van der Waals surface area contributed by atoms with E-state index in [0.29, 0.717) is 18.9 Å². The molecule has 7 heteroatoms. The Bertz CT molecular complexity index is 628. The Morgan fingerprint density at radius 2 is 2.13 bits per heavy atom. The van der Waals surface area contributed by atoms with Crippen LogP contribution in [0.3, 0.4) is 0 Å². The fourth-order valence-electron chi connectivity index (χ4n) is 3.04. The van der Waals surface area contributed by atoms with Crippen LogP contribution in [0.15, 0.2) is 30.6 Å². The van der Waals surface area contributed by atoms with Gasteiger partial charge in [-0.25, -0.2) is 4.68 Å². The summed E-state index contributed by atoms with van der Waals surface area (Å²) in [5.41, 5.74) is 1.26. The summed E-state index contributed by atoms with van der Waals surface area (Å²) in [5.74, 6) is 0.626. The molecule has 2 aromatic rings. The zero-order valence-electron chi connectivity index (χ0n) is 12.9. The summed E-state index contributed by atoms with van der Waals surface area (Å²) in [5, 5.41) is 11.7. The average molecular weight is 334 g/mol. The van der Waals surface area contributed by atoms with Crippen LogP contribution in [0.1, 0.15) is 37.2 Å². The van der Waals surface area contributed by atoms with E-state index >= 15 is 0 Å². The van der Waals surface area contributed by atoms with E-state index in [4.69, 9.17) is 11.6 Å². The molecule has 1 aromatic carbocycles. The molecule has 122 valence electrons. The molecule has 0 N–H and O–H groups in total. The van der Waals surface area contributed by atoms with E-state index in [1.165, 1.54) is 5.56 Å². The lowest BCUT2D eigenvalue weighted by atomic mass is 9.90. The van der Waals surface area contributed by atoms with E-state index in [1.807, 2.05) is 17.0 Å². The Kier molecular flexibility index (Phi) is 5.23. The molecule has 1 saturated heterocycles. The number of carbonyl (C=O) groups excluding carboxylic acids is 1. The van der Waals surface area contributed by atoms with E-state index < -0.39 is 0 Å². The van der Waals surface area contributed by atoms with Crippen LogP contribution >= 0.6 is 11.6 Å². The molecule has 1 aliphatic heterocycles. The fourth-order valence-corrected chi connectivity index (χ4v) is 3.17. The van der Waals surface area contributed by atoms with Crippen molar-refractivity contribution in [2.45, 2.75) is 38.1 Å². The third-order valence-corrected chi connectivity index (χ3v) is 4.54. The minimum Gasteiger partial charge on any atom is -0.342 e. The van der Waals surface area contributed by atoms with Crippen molar-refractivity contribution >= 4 is 17.5 Å². The number of aromatic nitrogens is 4. The molecule has 1 amide bonds. The van der Waals surface area contributed by atoms with Gasteiger partial charge in [-0.05, 0) is 47.4 Å². The van der Waals surface area contributed by atoms with Crippen LogP contribution in [-0.4, -0.2) is 44.1 Å². The molecule has 1 aliphatic rings. The van der Waals surface area contributed by atoms with Crippen LogP contribution in [0.4, 0.5) is 0 Å². The van der Waals surface area contributed by atoms with Crippen molar-refractivity contribution in [3.8, 4) is 0 Å². The summed E-state index contributed by atoms with van der Waals surface area (Å²) >= 11 is 5.95. The van der Waals surface area contributed by atoms with Crippen LogP contribution < -0.4 is 0 Å². The molecule has 0 bridgehead atoms. The molecular weight excluding hydrogens is 314 g/mol. The van der Waals surface area contributed by atoms with Gasteiger partial charge in [0.25, 0.3) is 0 Å². The largest absolute Gasteiger partial charge is 0.342 e. The summed E-state index contributed by atoms with van der Waals surface area (Å²) in [4.78, 5) is 14.4. The summed E-state index contributed by atoms with van der Waals surface area (Å²) in [6.45, 7) is 2.33. The van der Waals surface area contributed by atoms with Crippen LogP contribution in [0.25, 0.3) is 0 Å². The van der Waals surface area contributed by atoms with Gasteiger partial charge in [0.1, 0.15) is 6.33 Å². The second kappa shape index (κ2) is 7.55. The third-order valence-electron chi connectivity index (χ3n) is 4.28. The molecule has 0 aliphatic carbocycles. The van der Waals surface area contributed by atoms with Gasteiger partial charge in [-0.2, -0.15) is 0 Å². The Morgan fingerprint density at radius 3 is 2.87 bits per heavy atom. The highest BCUT2D eigenvalue weighted by Crippen LogP contribution is 2.28. The summed E-state index contributed by atoms with van der Waals surface area (Å²) in [6, 6.07) is 7.98. The SMILES string of the molecule is O=C(CCCn1cnnn1)N1CCCC(c2ccc(Cl)cc2)C1. The first-order chi connectivity index (χ1) is 11.2. The minimum atomic E-state index is 0.219. The van der Waals surface area contributed by atoms with E-state index in [0.717, 1.165) is 37.4 Å². The van der Waals surface area contributed by atoms with Crippen LogP contribution in [0.5, 0.6) is 0 Å². The van der Waals surface area contributed by atoms with Crippen molar-refractivity contribution < 1.29 is 4.79 Å². The first-order valence-electron chi connectivity index (χ1n) is 7.96. The number of hydrogen-bond donors (Lipinski definition) is 0. The Morgan fingerprint density at radius 1 is 1.30 bits per heavy atom. The predicted molar refractivity (Wildman–Crippen MR) is 87.1 cm³/mol. The maximum Gasteiger partial charge on any atom is 0.222 e. The first kappa shape index (κ1) is 15.9. The summed E-state index contributed by atoms with van der Waals surface area (Å²) in [6.07, 6.45) is 5.03. The van der Waals surface area contributed by atoms with Crippen molar-refractivity contribution in [3.63, 3.8) is 0 Å². The molecule has 0 saturated carbocycles. The van der Waals surface area contributed by atoms with Crippen LogP contribution in [0.2, 0.25) is 5.02 Å². The number of piperidine rings is 1. The first-order valence-corrected chi connectivity index (χ1v) is 8.34. The fraction of sp³-hybridized carbons (Fsp3) is 0.500. The quantitative estimate of drug-likeness (QED) is 0.843. The minimum absolute atomic E-state index is 0.219. The van der Waals surface area contributed by atoms with Gasteiger partial charge in [-0.1, -0.05) is 23.7 Å². The zero-order valence-corrected chi connectivity index (χ0v) is 13.7. The van der Waals surface area contributed by atoms with Crippen molar-refractivity contribution in [2.24, 2.45) is 0 Å². The van der Waals surface area contributed by atoms with Crippen molar-refractivity contribution in [1.29, 1.82) is 0 Å². The normalized spacial score (nSPS) is 18.1. The molecule has 2 heterocycles. The van der Waals surface area contributed by atoms with E-state index in [-0.39, 0.29) is 5.91 Å². The van der Waals surface area contributed by atoms with Crippen molar-refractivity contribution in [1.82, 2.24) is 25.1 Å². The molecule has 0 spiro atoms. The lowest BCUT2D eigenvalue weighted by molar-refractivity contribution is -0.132. The average Bonchev–Trinajstić information content (AvgIpc) is 3.09. The highest BCUT2D eigenvalue weighted by molar-refractivity contribution is 6.30. The van der Waals surface area contributed by atoms with E-state index in [1.54, 1.807) is 11.0 Å². The molecule has 1 atom stereocenters. The number of likely N-dealkylation sites (tertiary alicyclic amines) is 1. The number of amides is 1. The number of tetrazole rings is 1. The van der Waals surface area contributed by atoms with Gasteiger partial charge in [-0.15, -0.1) is 5.10 Å². The molecule has 23 heavy (non-hydrogen) atoms. The van der Waals surface area contributed by atoms with E-state index in [9.17, 15) is 4.79 Å². The van der Waals surface area contributed by atoms with Gasteiger partial charge >= 0.3 is 0 Å². The monoisotopic (exact) mass is 333 g/mol. The maximum atomic E-state index is 12.4. The summed E-state index contributed by atoms with van der Waals surface area (Å²) in [7, 11) is 0. The van der Waals surface area contributed by atoms with Crippen LogP contribution in [-0.2, 0) is 11.3 Å². The van der Waals surface area contributed by atoms with Gasteiger partial charge < -0.3 is 4.90 Å². The van der Waals surface area contributed by atoms with Crippen molar-refractivity contribution in [2.75, 3.05) is 13.1 Å². The standard InChI is InChI=1S/C16H20ClN5O/c17-15-7-5-13(6-8-15)14-3-1-9-21(11-14)16(23)4-2-10-22-12-18-19-20-22/h5-8,12,14H,1-4,9-11H2. The van der Waals surface area contributed by atoms with Gasteiger partial charge in [0.15, 0.2) is 0 Å². The number of nitrogens with zero attached hydrogens (tertiary/aromatic N) is 5. The number of rotatable bonds is 5. The Hall–Kier alpha value is -1.95. The highest BCUT2D eigenvalue weighted by atomic mass is 35.5.